The van der Waals surface area contributed by atoms with Crippen molar-refractivity contribution < 1.29 is 19.0 Å². The van der Waals surface area contributed by atoms with Gasteiger partial charge in [-0.05, 0) is 35.7 Å². The first-order valence-corrected chi connectivity index (χ1v) is 9.05. The lowest BCUT2D eigenvalue weighted by Crippen LogP contribution is -2.26. The molecular formula is C20H24BrNO4. The lowest BCUT2D eigenvalue weighted by atomic mass is 10.1. The zero-order valence-corrected chi connectivity index (χ0v) is 17.1. The number of carbonyl (C=O) groups is 1. The quantitative estimate of drug-likeness (QED) is 0.644. The number of hydrogen-bond donors (Lipinski definition) is 0. The molecule has 0 unspecified atom stereocenters. The number of carbonyl (C=O) groups excluding carboxylic acids is 1. The number of rotatable bonds is 8. The van der Waals surface area contributed by atoms with Crippen LogP contribution in [0.3, 0.4) is 0 Å². The molecule has 6 heteroatoms. The summed E-state index contributed by atoms with van der Waals surface area (Å²) in [6, 6.07) is 11.7. The predicted octanol–water partition coefficient (Wildman–Crippen LogP) is 4.07. The molecule has 0 aromatic heterocycles. The zero-order chi connectivity index (χ0) is 19.1. The smallest absolute Gasteiger partial charge is 0.222 e. The van der Waals surface area contributed by atoms with Gasteiger partial charge in [-0.2, -0.15) is 0 Å². The largest absolute Gasteiger partial charge is 0.493 e. The van der Waals surface area contributed by atoms with E-state index in [2.05, 4.69) is 15.9 Å². The highest BCUT2D eigenvalue weighted by molar-refractivity contribution is 9.10. The minimum atomic E-state index is 0.0782. The second-order valence-corrected chi connectivity index (χ2v) is 6.73. The summed E-state index contributed by atoms with van der Waals surface area (Å²) in [7, 11) is 6.55. The molecule has 0 fully saturated rings. The molecule has 0 aliphatic carbocycles. The molecule has 0 spiro atoms. The zero-order valence-electron chi connectivity index (χ0n) is 15.5. The Labute approximate surface area is 163 Å². The number of nitrogens with zero attached hydrogens (tertiary/aromatic N) is 1. The Bertz CT molecular complexity index is 738. The van der Waals surface area contributed by atoms with Crippen LogP contribution in [0, 0.1) is 0 Å². The first-order valence-electron chi connectivity index (χ1n) is 8.26. The van der Waals surface area contributed by atoms with E-state index in [4.69, 9.17) is 14.2 Å². The highest BCUT2D eigenvalue weighted by atomic mass is 79.9. The van der Waals surface area contributed by atoms with Crippen molar-refractivity contribution in [3.8, 4) is 17.2 Å². The summed E-state index contributed by atoms with van der Waals surface area (Å²) in [5, 5.41) is 0. The van der Waals surface area contributed by atoms with Crippen molar-refractivity contribution in [3.05, 3.63) is 52.0 Å². The number of benzene rings is 2. The molecule has 1 amide bonds. The van der Waals surface area contributed by atoms with Crippen LogP contribution in [0.5, 0.6) is 17.2 Å². The predicted molar refractivity (Wildman–Crippen MR) is 105 cm³/mol. The third-order valence-corrected chi connectivity index (χ3v) is 4.92. The topological polar surface area (TPSA) is 48.0 Å². The van der Waals surface area contributed by atoms with Gasteiger partial charge >= 0.3 is 0 Å². The summed E-state index contributed by atoms with van der Waals surface area (Å²) < 4.78 is 17.0. The fourth-order valence-electron chi connectivity index (χ4n) is 2.69. The Morgan fingerprint density at radius 2 is 1.65 bits per heavy atom. The highest BCUT2D eigenvalue weighted by Crippen LogP contribution is 2.38. The maximum absolute atomic E-state index is 12.5. The Hall–Kier alpha value is -2.21. The van der Waals surface area contributed by atoms with Crippen molar-refractivity contribution in [2.24, 2.45) is 0 Å². The molecule has 5 nitrogen and oxygen atoms in total. The number of aryl methyl sites for hydroxylation is 1. The van der Waals surface area contributed by atoms with Gasteiger partial charge in [0.25, 0.3) is 0 Å². The molecule has 140 valence electrons. The number of halogens is 1. The van der Waals surface area contributed by atoms with E-state index in [1.54, 1.807) is 26.2 Å². The Morgan fingerprint density at radius 3 is 2.19 bits per heavy atom. The third-order valence-electron chi connectivity index (χ3n) is 4.14. The molecule has 0 bridgehead atoms. The fourth-order valence-corrected chi connectivity index (χ4v) is 3.10. The SMILES string of the molecule is COc1cc(CCC(=O)N(C)Cc2ccccc2Br)cc(OC)c1OC. The van der Waals surface area contributed by atoms with E-state index in [0.717, 1.165) is 15.6 Å². The summed E-state index contributed by atoms with van der Waals surface area (Å²) in [6.07, 6.45) is 0.995. The van der Waals surface area contributed by atoms with Gasteiger partial charge in [-0.1, -0.05) is 34.1 Å². The summed E-state index contributed by atoms with van der Waals surface area (Å²) in [6.45, 7) is 0.565. The minimum Gasteiger partial charge on any atom is -0.493 e. The molecule has 0 aliphatic rings. The number of amides is 1. The number of ether oxygens (including phenoxy) is 3. The van der Waals surface area contributed by atoms with Crippen molar-refractivity contribution in [1.29, 1.82) is 0 Å². The van der Waals surface area contributed by atoms with Crippen LogP contribution in [-0.4, -0.2) is 39.2 Å². The van der Waals surface area contributed by atoms with E-state index in [1.165, 1.54) is 0 Å². The lowest BCUT2D eigenvalue weighted by Gasteiger charge is -2.19. The molecule has 0 heterocycles. The van der Waals surface area contributed by atoms with Gasteiger partial charge < -0.3 is 19.1 Å². The molecule has 26 heavy (non-hydrogen) atoms. The monoisotopic (exact) mass is 421 g/mol. The fraction of sp³-hybridized carbons (Fsp3) is 0.350. The molecule has 2 aromatic carbocycles. The van der Waals surface area contributed by atoms with E-state index in [-0.39, 0.29) is 5.91 Å². The molecule has 2 aromatic rings. The lowest BCUT2D eigenvalue weighted by molar-refractivity contribution is -0.130. The Kier molecular flexibility index (Phi) is 7.33. The van der Waals surface area contributed by atoms with Crippen molar-refractivity contribution in [1.82, 2.24) is 4.90 Å². The standard InChI is InChI=1S/C20H24BrNO4/c1-22(13-15-7-5-6-8-16(15)21)19(23)10-9-14-11-17(24-2)20(26-4)18(12-14)25-3/h5-8,11-12H,9-10,13H2,1-4H3. The van der Waals surface area contributed by atoms with Crippen LogP contribution in [-0.2, 0) is 17.8 Å². The van der Waals surface area contributed by atoms with Crippen LogP contribution in [0.15, 0.2) is 40.9 Å². The van der Waals surface area contributed by atoms with Gasteiger partial charge in [0.15, 0.2) is 11.5 Å². The molecule has 0 N–H and O–H groups in total. The first kappa shape index (κ1) is 20.1. The Balaban J connectivity index is 2.03. The van der Waals surface area contributed by atoms with Gasteiger partial charge in [0.05, 0.1) is 21.3 Å². The summed E-state index contributed by atoms with van der Waals surface area (Å²) in [4.78, 5) is 14.2. The first-order chi connectivity index (χ1) is 12.5. The maximum atomic E-state index is 12.5. The van der Waals surface area contributed by atoms with Crippen LogP contribution in [0.1, 0.15) is 17.5 Å². The normalized spacial score (nSPS) is 10.3. The highest BCUT2D eigenvalue weighted by Gasteiger charge is 2.15. The molecule has 0 aliphatic heterocycles. The van der Waals surface area contributed by atoms with E-state index in [0.29, 0.717) is 36.6 Å². The van der Waals surface area contributed by atoms with E-state index < -0.39 is 0 Å². The molecule has 2 rings (SSSR count). The van der Waals surface area contributed by atoms with Gasteiger partial charge in [0, 0.05) is 24.5 Å². The van der Waals surface area contributed by atoms with E-state index >= 15 is 0 Å². The maximum Gasteiger partial charge on any atom is 0.222 e. The van der Waals surface area contributed by atoms with E-state index in [9.17, 15) is 4.79 Å². The van der Waals surface area contributed by atoms with Crippen LogP contribution in [0.25, 0.3) is 0 Å². The van der Waals surface area contributed by atoms with Gasteiger partial charge in [0.1, 0.15) is 0 Å². The second-order valence-electron chi connectivity index (χ2n) is 5.87. The van der Waals surface area contributed by atoms with Crippen LogP contribution in [0.4, 0.5) is 0 Å². The van der Waals surface area contributed by atoms with Crippen molar-refractivity contribution in [3.63, 3.8) is 0 Å². The van der Waals surface area contributed by atoms with Crippen molar-refractivity contribution >= 4 is 21.8 Å². The summed E-state index contributed by atoms with van der Waals surface area (Å²) >= 11 is 3.52. The average Bonchev–Trinajstić information content (AvgIpc) is 2.66. The number of methoxy groups -OCH3 is 3. The van der Waals surface area contributed by atoms with Gasteiger partial charge in [0.2, 0.25) is 11.7 Å². The van der Waals surface area contributed by atoms with Gasteiger partial charge in [-0.25, -0.2) is 0 Å². The summed E-state index contributed by atoms with van der Waals surface area (Å²) in [5.74, 6) is 1.82. The van der Waals surface area contributed by atoms with E-state index in [1.807, 2.05) is 43.4 Å². The Morgan fingerprint density at radius 1 is 1.04 bits per heavy atom. The molecule has 0 saturated heterocycles. The summed E-state index contributed by atoms with van der Waals surface area (Å²) in [5.41, 5.74) is 2.04. The van der Waals surface area contributed by atoms with Gasteiger partial charge in [-0.15, -0.1) is 0 Å². The van der Waals surface area contributed by atoms with Gasteiger partial charge in [-0.3, -0.25) is 4.79 Å². The third kappa shape index (κ3) is 4.91. The van der Waals surface area contributed by atoms with Crippen LogP contribution < -0.4 is 14.2 Å². The van der Waals surface area contributed by atoms with Crippen LogP contribution >= 0.6 is 15.9 Å². The van der Waals surface area contributed by atoms with Crippen molar-refractivity contribution in [2.75, 3.05) is 28.4 Å². The second kappa shape index (κ2) is 9.48. The molecular weight excluding hydrogens is 398 g/mol. The van der Waals surface area contributed by atoms with Crippen molar-refractivity contribution in [2.45, 2.75) is 19.4 Å². The average molecular weight is 422 g/mol. The van der Waals surface area contributed by atoms with Crippen LogP contribution in [0.2, 0.25) is 0 Å². The molecule has 0 atom stereocenters. The molecule has 0 radical (unpaired) electrons. The number of hydrogen-bond acceptors (Lipinski definition) is 4. The minimum absolute atomic E-state index is 0.0782. The molecule has 0 saturated carbocycles.